The molecular weight excluding hydrogens is 360 g/mol. The predicted molar refractivity (Wildman–Crippen MR) is 94.1 cm³/mol. The van der Waals surface area contributed by atoms with E-state index in [0.717, 1.165) is 35.8 Å². The molecular formula is C17H23BrN2O3. The molecule has 6 heteroatoms. The minimum atomic E-state index is -0.396. The van der Waals surface area contributed by atoms with Gasteiger partial charge in [0.05, 0.1) is 12.2 Å². The van der Waals surface area contributed by atoms with Crippen LogP contribution < -0.4 is 10.2 Å². The highest BCUT2D eigenvalue weighted by molar-refractivity contribution is 9.10. The third-order valence-corrected chi connectivity index (χ3v) is 4.23. The number of hydrogen-bond acceptors (Lipinski definition) is 4. The first-order valence-electron chi connectivity index (χ1n) is 7.77. The lowest BCUT2D eigenvalue weighted by molar-refractivity contribution is 0.0825. The predicted octanol–water partition coefficient (Wildman–Crippen LogP) is 3.76. The summed E-state index contributed by atoms with van der Waals surface area (Å²) in [5.41, 5.74) is 1.18. The molecule has 1 heterocycles. The van der Waals surface area contributed by atoms with Crippen LogP contribution in [0.15, 0.2) is 22.7 Å². The van der Waals surface area contributed by atoms with Gasteiger partial charge in [0.25, 0.3) is 0 Å². The second-order valence-electron chi connectivity index (χ2n) is 6.79. The number of carbonyl (C=O) groups excluding carboxylic acids is 2. The van der Waals surface area contributed by atoms with Crippen LogP contribution in [-0.4, -0.2) is 37.1 Å². The van der Waals surface area contributed by atoms with Crippen LogP contribution >= 0.6 is 15.9 Å². The number of para-hydroxylation sites is 1. The SMILES string of the molecule is CC(C)(C)NC(=O)O[C@@H]1CCCN(c2c(Br)cccc2C=O)C1. The maximum atomic E-state index is 11.9. The molecule has 1 N–H and O–H groups in total. The smallest absolute Gasteiger partial charge is 0.407 e. The summed E-state index contributed by atoms with van der Waals surface area (Å²) in [6.45, 7) is 7.17. The molecule has 1 amide bonds. The maximum absolute atomic E-state index is 11.9. The zero-order valence-corrected chi connectivity index (χ0v) is 15.4. The molecule has 23 heavy (non-hydrogen) atoms. The highest BCUT2D eigenvalue weighted by atomic mass is 79.9. The van der Waals surface area contributed by atoms with Gasteiger partial charge in [-0.15, -0.1) is 0 Å². The Morgan fingerprint density at radius 2 is 2.17 bits per heavy atom. The number of piperidine rings is 1. The third-order valence-electron chi connectivity index (χ3n) is 3.59. The van der Waals surface area contributed by atoms with Crippen LogP contribution in [0.2, 0.25) is 0 Å². The summed E-state index contributed by atoms with van der Waals surface area (Å²) in [7, 11) is 0. The molecule has 5 nitrogen and oxygen atoms in total. The Labute approximate surface area is 145 Å². The second kappa shape index (κ2) is 7.34. The number of alkyl carbamates (subject to hydrolysis) is 1. The van der Waals surface area contributed by atoms with Crippen molar-refractivity contribution in [1.82, 2.24) is 5.32 Å². The van der Waals surface area contributed by atoms with Crippen molar-refractivity contribution >= 4 is 34.0 Å². The Hall–Kier alpha value is -1.56. The summed E-state index contributed by atoms with van der Waals surface area (Å²) in [6, 6.07) is 5.55. The number of amides is 1. The third kappa shape index (κ3) is 4.96. The van der Waals surface area contributed by atoms with Crippen molar-refractivity contribution < 1.29 is 14.3 Å². The first kappa shape index (κ1) is 17.8. The first-order chi connectivity index (χ1) is 10.8. The number of ether oxygens (including phenoxy) is 1. The molecule has 0 aromatic heterocycles. The van der Waals surface area contributed by atoms with Crippen molar-refractivity contribution in [2.75, 3.05) is 18.0 Å². The molecule has 1 atom stereocenters. The van der Waals surface area contributed by atoms with Crippen LogP contribution in [0.25, 0.3) is 0 Å². The highest BCUT2D eigenvalue weighted by Gasteiger charge is 2.26. The molecule has 0 radical (unpaired) electrons. The quantitative estimate of drug-likeness (QED) is 0.808. The molecule has 2 rings (SSSR count). The zero-order valence-electron chi connectivity index (χ0n) is 13.8. The Morgan fingerprint density at radius 1 is 1.43 bits per heavy atom. The number of aldehydes is 1. The van der Waals surface area contributed by atoms with Gasteiger partial charge in [-0.25, -0.2) is 4.79 Å². The summed E-state index contributed by atoms with van der Waals surface area (Å²) in [4.78, 5) is 25.3. The summed E-state index contributed by atoms with van der Waals surface area (Å²) in [5.74, 6) is 0. The number of benzene rings is 1. The van der Waals surface area contributed by atoms with Crippen LogP contribution in [-0.2, 0) is 4.74 Å². The zero-order chi connectivity index (χ0) is 17.0. The molecule has 0 bridgehead atoms. The Balaban J connectivity index is 2.07. The van der Waals surface area contributed by atoms with E-state index >= 15 is 0 Å². The van der Waals surface area contributed by atoms with Gasteiger partial charge in [0, 0.05) is 22.1 Å². The van der Waals surface area contributed by atoms with Gasteiger partial charge in [-0.3, -0.25) is 4.79 Å². The fourth-order valence-corrected chi connectivity index (χ4v) is 3.32. The van der Waals surface area contributed by atoms with E-state index in [2.05, 4.69) is 26.1 Å². The minimum Gasteiger partial charge on any atom is -0.444 e. The maximum Gasteiger partial charge on any atom is 0.407 e. The molecule has 1 saturated heterocycles. The lowest BCUT2D eigenvalue weighted by atomic mass is 10.1. The van der Waals surface area contributed by atoms with Gasteiger partial charge < -0.3 is 15.0 Å². The van der Waals surface area contributed by atoms with Gasteiger partial charge in [0.2, 0.25) is 0 Å². The number of hydrogen-bond donors (Lipinski definition) is 1. The van der Waals surface area contributed by atoms with Crippen LogP contribution in [0.3, 0.4) is 0 Å². The number of carbonyl (C=O) groups is 2. The van der Waals surface area contributed by atoms with E-state index in [-0.39, 0.29) is 11.6 Å². The molecule has 1 fully saturated rings. The number of halogens is 1. The molecule has 0 spiro atoms. The van der Waals surface area contributed by atoms with Crippen LogP contribution in [0.5, 0.6) is 0 Å². The molecule has 126 valence electrons. The van der Waals surface area contributed by atoms with Gasteiger partial charge in [-0.2, -0.15) is 0 Å². The summed E-state index contributed by atoms with van der Waals surface area (Å²) in [5, 5.41) is 2.81. The largest absolute Gasteiger partial charge is 0.444 e. The van der Waals surface area contributed by atoms with Gasteiger partial charge in [-0.1, -0.05) is 6.07 Å². The first-order valence-corrected chi connectivity index (χ1v) is 8.57. The minimum absolute atomic E-state index is 0.183. The van der Waals surface area contributed by atoms with Crippen LogP contribution in [0.4, 0.5) is 10.5 Å². The van der Waals surface area contributed by atoms with Gasteiger partial charge >= 0.3 is 6.09 Å². The van der Waals surface area contributed by atoms with Crippen molar-refractivity contribution in [3.05, 3.63) is 28.2 Å². The fourth-order valence-electron chi connectivity index (χ4n) is 2.69. The summed E-state index contributed by atoms with van der Waals surface area (Å²) in [6.07, 6.45) is 2.02. The summed E-state index contributed by atoms with van der Waals surface area (Å²) >= 11 is 3.51. The van der Waals surface area contributed by atoms with E-state index in [9.17, 15) is 9.59 Å². The number of anilines is 1. The lowest BCUT2D eigenvalue weighted by Gasteiger charge is -2.35. The van der Waals surface area contributed by atoms with Crippen molar-refractivity contribution in [3.8, 4) is 0 Å². The normalized spacial score (nSPS) is 18.4. The van der Waals surface area contributed by atoms with E-state index in [4.69, 9.17) is 4.74 Å². The molecule has 0 aliphatic carbocycles. The Morgan fingerprint density at radius 3 is 2.83 bits per heavy atom. The molecule has 0 saturated carbocycles. The monoisotopic (exact) mass is 382 g/mol. The van der Waals surface area contributed by atoms with E-state index in [1.54, 1.807) is 6.07 Å². The molecule has 1 aliphatic heterocycles. The van der Waals surface area contributed by atoms with Crippen molar-refractivity contribution in [3.63, 3.8) is 0 Å². The average Bonchev–Trinajstić information content (AvgIpc) is 2.45. The summed E-state index contributed by atoms with van der Waals surface area (Å²) < 4.78 is 6.41. The van der Waals surface area contributed by atoms with E-state index < -0.39 is 6.09 Å². The lowest BCUT2D eigenvalue weighted by Crippen LogP contribution is -2.46. The Bertz CT molecular complexity index is 584. The van der Waals surface area contributed by atoms with Crippen molar-refractivity contribution in [1.29, 1.82) is 0 Å². The molecule has 1 aromatic carbocycles. The van der Waals surface area contributed by atoms with Crippen molar-refractivity contribution in [2.45, 2.75) is 45.3 Å². The fraction of sp³-hybridized carbons (Fsp3) is 0.529. The second-order valence-corrected chi connectivity index (χ2v) is 7.64. The molecule has 1 aliphatic rings. The van der Waals surface area contributed by atoms with Crippen LogP contribution in [0, 0.1) is 0 Å². The standard InChI is InChI=1S/C17H23BrN2O3/c1-17(2,3)19-16(22)23-13-7-5-9-20(10-13)15-12(11-21)6-4-8-14(15)18/h4,6,8,11,13H,5,7,9-10H2,1-3H3,(H,19,22)/t13-/m1/s1. The van der Waals surface area contributed by atoms with Gasteiger partial charge in [0.15, 0.2) is 6.29 Å². The Kier molecular flexibility index (Phi) is 5.68. The van der Waals surface area contributed by atoms with Crippen LogP contribution in [0.1, 0.15) is 44.0 Å². The molecule has 1 aromatic rings. The number of nitrogens with one attached hydrogen (secondary N) is 1. The van der Waals surface area contributed by atoms with Gasteiger partial charge in [0.1, 0.15) is 6.10 Å². The van der Waals surface area contributed by atoms with Gasteiger partial charge in [-0.05, 0) is 61.7 Å². The number of rotatable bonds is 3. The van der Waals surface area contributed by atoms with E-state index in [0.29, 0.717) is 12.1 Å². The number of nitrogens with zero attached hydrogens (tertiary/aromatic N) is 1. The topological polar surface area (TPSA) is 58.6 Å². The average molecular weight is 383 g/mol. The highest BCUT2D eigenvalue weighted by Crippen LogP contribution is 2.32. The van der Waals surface area contributed by atoms with E-state index in [1.165, 1.54) is 0 Å². The molecule has 0 unspecified atom stereocenters. The van der Waals surface area contributed by atoms with E-state index in [1.807, 2.05) is 32.9 Å². The van der Waals surface area contributed by atoms with Crippen molar-refractivity contribution in [2.24, 2.45) is 0 Å².